The van der Waals surface area contributed by atoms with E-state index in [1.807, 2.05) is 51.0 Å². The lowest BCUT2D eigenvalue weighted by Gasteiger charge is -2.35. The van der Waals surface area contributed by atoms with Crippen LogP contribution in [0.1, 0.15) is 93.9 Å². The van der Waals surface area contributed by atoms with Crippen molar-refractivity contribution in [1.29, 1.82) is 0 Å². The molecule has 45 heavy (non-hydrogen) atoms. The molecule has 10 heteroatoms. The van der Waals surface area contributed by atoms with Crippen LogP contribution in [0, 0.1) is 23.7 Å². The predicted octanol–water partition coefficient (Wildman–Crippen LogP) is 5.55. The fourth-order valence-corrected chi connectivity index (χ4v) is 6.84. The van der Waals surface area contributed by atoms with E-state index in [4.69, 9.17) is 4.74 Å². The van der Waals surface area contributed by atoms with Gasteiger partial charge in [-0.3, -0.25) is 19.2 Å². The van der Waals surface area contributed by atoms with E-state index in [1.54, 1.807) is 17.3 Å². The average Bonchev–Trinajstić information content (AvgIpc) is 3.67. The van der Waals surface area contributed by atoms with Crippen LogP contribution in [0.5, 0.6) is 0 Å². The summed E-state index contributed by atoms with van der Waals surface area (Å²) in [7, 11) is 5.49. The minimum Gasteiger partial charge on any atom is -0.455 e. The Hall–Kier alpha value is -3.11. The zero-order valence-electron chi connectivity index (χ0n) is 28.2. The van der Waals surface area contributed by atoms with Crippen molar-refractivity contribution < 1.29 is 23.9 Å². The average molecular weight is 641 g/mol. The van der Waals surface area contributed by atoms with Crippen LogP contribution in [-0.2, 0) is 25.5 Å². The molecule has 0 aliphatic heterocycles. The molecule has 1 heterocycles. The first-order chi connectivity index (χ1) is 21.2. The molecule has 248 valence electrons. The third-order valence-corrected chi connectivity index (χ3v) is 9.21. The summed E-state index contributed by atoms with van der Waals surface area (Å²) in [5, 5.41) is 5.39. The number of ketones is 1. The Balaban J connectivity index is 1.76. The second-order valence-electron chi connectivity index (χ2n) is 13.6. The zero-order valence-corrected chi connectivity index (χ0v) is 29.1. The Bertz CT molecular complexity index is 1270. The molecule has 2 amide bonds. The molecule has 1 aromatic heterocycles. The van der Waals surface area contributed by atoms with Crippen LogP contribution in [0.15, 0.2) is 35.7 Å². The normalized spacial score (nSPS) is 15.9. The summed E-state index contributed by atoms with van der Waals surface area (Å²) in [4.78, 5) is 60.3. The molecule has 1 aliphatic rings. The van der Waals surface area contributed by atoms with Crippen LogP contribution in [0.2, 0.25) is 0 Å². The maximum absolute atomic E-state index is 13.8. The van der Waals surface area contributed by atoms with Gasteiger partial charge >= 0.3 is 5.97 Å². The third kappa shape index (κ3) is 11.6. The summed E-state index contributed by atoms with van der Waals surface area (Å²) in [5.41, 5.74) is 1.44. The van der Waals surface area contributed by atoms with Gasteiger partial charge in [-0.1, -0.05) is 58.0 Å². The van der Waals surface area contributed by atoms with E-state index in [0.717, 1.165) is 31.2 Å². The lowest BCUT2D eigenvalue weighted by molar-refractivity contribution is -0.149. The number of thiazole rings is 1. The number of amides is 2. The van der Waals surface area contributed by atoms with Gasteiger partial charge in [0.1, 0.15) is 16.5 Å². The van der Waals surface area contributed by atoms with E-state index in [0.29, 0.717) is 23.9 Å². The zero-order chi connectivity index (χ0) is 33.3. The van der Waals surface area contributed by atoms with Gasteiger partial charge in [-0.05, 0) is 63.1 Å². The van der Waals surface area contributed by atoms with Crippen molar-refractivity contribution >= 4 is 34.9 Å². The highest BCUT2D eigenvalue weighted by Gasteiger charge is 2.41. The van der Waals surface area contributed by atoms with E-state index < -0.39 is 12.1 Å². The van der Waals surface area contributed by atoms with Crippen molar-refractivity contribution in [3.05, 3.63) is 52.0 Å². The number of hydrogen-bond donors (Lipinski definition) is 1. The highest BCUT2D eigenvalue weighted by atomic mass is 32.1. The second-order valence-corrected chi connectivity index (χ2v) is 14.5. The van der Waals surface area contributed by atoms with E-state index in [9.17, 15) is 19.2 Å². The number of rotatable bonds is 18. The van der Waals surface area contributed by atoms with Gasteiger partial charge in [0.2, 0.25) is 5.91 Å². The lowest BCUT2D eigenvalue weighted by Crippen LogP contribution is -2.45. The number of nitrogens with zero attached hydrogens (tertiary/aromatic N) is 3. The molecule has 1 N–H and O–H groups in total. The van der Waals surface area contributed by atoms with Gasteiger partial charge in [0.05, 0.1) is 6.54 Å². The first-order valence-corrected chi connectivity index (χ1v) is 17.0. The number of aromatic nitrogens is 1. The molecule has 1 fully saturated rings. The highest BCUT2D eigenvalue weighted by Crippen LogP contribution is 2.40. The molecule has 0 bridgehead atoms. The number of likely N-dealkylation sites (N-methyl/N-ethyl adjacent to an activating group) is 1. The molecule has 0 radical (unpaired) electrons. The Morgan fingerprint density at radius 2 is 1.69 bits per heavy atom. The second kappa shape index (κ2) is 17.0. The number of ether oxygens (including phenoxy) is 1. The Morgan fingerprint density at radius 1 is 1.02 bits per heavy atom. The quantitative estimate of drug-likeness (QED) is 0.213. The van der Waals surface area contributed by atoms with Crippen molar-refractivity contribution in [2.24, 2.45) is 23.7 Å². The number of esters is 1. The molecule has 2 aromatic rings. The maximum atomic E-state index is 13.8. The molecule has 0 spiro atoms. The summed E-state index contributed by atoms with van der Waals surface area (Å²) >= 11 is 1.28. The van der Waals surface area contributed by atoms with Gasteiger partial charge in [-0.2, -0.15) is 0 Å². The van der Waals surface area contributed by atoms with Crippen LogP contribution in [-0.4, -0.2) is 78.1 Å². The van der Waals surface area contributed by atoms with Crippen LogP contribution in [0.25, 0.3) is 0 Å². The smallest absolute Gasteiger partial charge is 0.303 e. The monoisotopic (exact) mass is 640 g/mol. The molecule has 3 rings (SSSR count). The fourth-order valence-electron chi connectivity index (χ4n) is 6.00. The molecule has 1 saturated carbocycles. The van der Waals surface area contributed by atoms with Crippen LogP contribution < -0.4 is 5.32 Å². The molecule has 0 saturated heterocycles. The molecule has 9 nitrogen and oxygen atoms in total. The van der Waals surface area contributed by atoms with Gasteiger partial charge in [0, 0.05) is 50.2 Å². The summed E-state index contributed by atoms with van der Waals surface area (Å²) in [6, 6.07) is 9.77. The number of benzene rings is 1. The van der Waals surface area contributed by atoms with E-state index in [1.165, 1.54) is 18.3 Å². The SMILES string of the molecule is CC(=O)O[C@H](C[C@H](C(C)C)N(C)C(=O)[C@@H](CC(=O)CN(C)C)C1CC1)c1nc(C(=O)N[C@@H](Cc2ccccc2)CC(C)C)cs1. The number of carbonyl (C=O) groups is 4. The minimum absolute atomic E-state index is 0.0429. The fraction of sp³-hybridized carbons (Fsp3) is 0.629. The van der Waals surface area contributed by atoms with Gasteiger partial charge in [0.15, 0.2) is 6.10 Å². The van der Waals surface area contributed by atoms with Gasteiger partial charge in [-0.25, -0.2) is 4.98 Å². The van der Waals surface area contributed by atoms with Gasteiger partial charge < -0.3 is 19.9 Å². The molecular formula is C35H52N4O5S. The summed E-state index contributed by atoms with van der Waals surface area (Å²) in [5.74, 6) is -0.372. The van der Waals surface area contributed by atoms with Gasteiger partial charge in [0.25, 0.3) is 5.91 Å². The van der Waals surface area contributed by atoms with Crippen LogP contribution >= 0.6 is 11.3 Å². The van der Waals surface area contributed by atoms with Gasteiger partial charge in [-0.15, -0.1) is 11.3 Å². The lowest BCUT2D eigenvalue weighted by atomic mass is 9.91. The van der Waals surface area contributed by atoms with Crippen molar-refractivity contribution in [3.8, 4) is 0 Å². The van der Waals surface area contributed by atoms with Crippen molar-refractivity contribution in [2.75, 3.05) is 27.7 Å². The Morgan fingerprint density at radius 3 is 2.24 bits per heavy atom. The van der Waals surface area contributed by atoms with E-state index in [2.05, 4.69) is 36.3 Å². The Kier molecular flexibility index (Phi) is 13.7. The number of carbonyl (C=O) groups excluding carboxylic acids is 4. The van der Waals surface area contributed by atoms with Crippen LogP contribution in [0.3, 0.4) is 0 Å². The minimum atomic E-state index is -0.720. The number of Topliss-reactive ketones (excluding diaryl/α,β-unsaturated/α-hetero) is 1. The van der Waals surface area contributed by atoms with Crippen molar-refractivity contribution in [2.45, 2.75) is 91.3 Å². The first-order valence-electron chi connectivity index (χ1n) is 16.2. The molecule has 1 aromatic carbocycles. The highest BCUT2D eigenvalue weighted by molar-refractivity contribution is 7.09. The first kappa shape index (κ1) is 36.4. The molecule has 4 atom stereocenters. The standard InChI is InChI=1S/C35H52N4O5S/c1-22(2)16-27(17-25-12-10-9-11-13-25)36-33(42)30-21-45-34(37-30)32(44-24(5)40)19-31(23(3)4)39(8)35(43)29(26-14-15-26)18-28(41)20-38(6)7/h9-13,21-23,26-27,29,31-32H,14-20H2,1-8H3,(H,36,42)/t27-,29+,31-,32-/m1/s1. The third-order valence-electron chi connectivity index (χ3n) is 8.27. The van der Waals surface area contributed by atoms with E-state index >= 15 is 0 Å². The number of nitrogens with one attached hydrogen (secondary N) is 1. The molecule has 1 aliphatic carbocycles. The Labute approximate surface area is 273 Å². The molecule has 0 unspecified atom stereocenters. The van der Waals surface area contributed by atoms with Crippen molar-refractivity contribution in [3.63, 3.8) is 0 Å². The number of hydrogen-bond acceptors (Lipinski definition) is 8. The maximum Gasteiger partial charge on any atom is 0.303 e. The van der Waals surface area contributed by atoms with Crippen molar-refractivity contribution in [1.82, 2.24) is 20.1 Å². The summed E-state index contributed by atoms with van der Waals surface area (Å²) in [6.07, 6.45) is 3.30. The van der Waals surface area contributed by atoms with E-state index in [-0.39, 0.29) is 59.5 Å². The summed E-state index contributed by atoms with van der Waals surface area (Å²) < 4.78 is 5.76. The molecular weight excluding hydrogens is 588 g/mol. The summed E-state index contributed by atoms with van der Waals surface area (Å²) in [6.45, 7) is 10.0. The van der Waals surface area contributed by atoms with Crippen LogP contribution in [0.4, 0.5) is 0 Å². The largest absolute Gasteiger partial charge is 0.455 e. The predicted molar refractivity (Wildman–Crippen MR) is 178 cm³/mol. The topological polar surface area (TPSA) is 109 Å².